The summed E-state index contributed by atoms with van der Waals surface area (Å²) in [5.41, 5.74) is 1.04. The molecule has 2 unspecified atom stereocenters. The number of nitrogens with one attached hydrogen (secondary N) is 1. The maximum absolute atomic E-state index is 10.9. The van der Waals surface area contributed by atoms with Crippen LogP contribution in [0.2, 0.25) is 4.34 Å². The first-order valence-corrected chi connectivity index (χ1v) is 5.61. The molecule has 0 aliphatic carbocycles. The lowest BCUT2D eigenvalue weighted by molar-refractivity contribution is -0.141. The van der Waals surface area contributed by atoms with Crippen LogP contribution in [0.1, 0.15) is 11.5 Å². The second-order valence-corrected chi connectivity index (χ2v) is 4.94. The van der Waals surface area contributed by atoms with Crippen molar-refractivity contribution in [3.8, 4) is 0 Å². The van der Waals surface area contributed by atoms with Gasteiger partial charge in [0.25, 0.3) is 0 Å². The molecule has 0 amide bonds. The lowest BCUT2D eigenvalue weighted by atomic mass is 9.91. The first kappa shape index (κ1) is 9.96. The van der Waals surface area contributed by atoms with E-state index in [1.54, 1.807) is 0 Å². The number of carboxylic acids is 1. The van der Waals surface area contributed by atoms with Crippen LogP contribution in [0, 0.1) is 5.92 Å². The number of thiophene rings is 1. The highest BCUT2D eigenvalue weighted by atomic mass is 35.5. The van der Waals surface area contributed by atoms with Crippen molar-refractivity contribution in [2.75, 3.05) is 13.1 Å². The van der Waals surface area contributed by atoms with E-state index in [1.165, 1.54) is 11.3 Å². The molecule has 0 saturated carbocycles. The third-order valence-corrected chi connectivity index (χ3v) is 3.66. The number of rotatable bonds is 2. The second-order valence-electron chi connectivity index (χ2n) is 3.39. The summed E-state index contributed by atoms with van der Waals surface area (Å²) in [6.07, 6.45) is 0. The molecule has 2 heterocycles. The van der Waals surface area contributed by atoms with Crippen LogP contribution >= 0.6 is 22.9 Å². The van der Waals surface area contributed by atoms with E-state index in [-0.39, 0.29) is 11.8 Å². The lowest BCUT2D eigenvalue weighted by Crippen LogP contribution is -2.20. The fraction of sp³-hybridized carbons (Fsp3) is 0.444. The number of halogens is 1. The molecule has 1 aromatic heterocycles. The fourth-order valence-corrected chi connectivity index (χ4v) is 2.76. The summed E-state index contributed by atoms with van der Waals surface area (Å²) in [5, 5.41) is 14.0. The van der Waals surface area contributed by atoms with Crippen molar-refractivity contribution in [1.29, 1.82) is 0 Å². The molecule has 0 aromatic carbocycles. The smallest absolute Gasteiger partial charge is 0.308 e. The molecular weight excluding hydrogens is 222 g/mol. The Kier molecular flexibility index (Phi) is 2.76. The average Bonchev–Trinajstić information content (AvgIpc) is 2.70. The van der Waals surface area contributed by atoms with E-state index in [2.05, 4.69) is 5.32 Å². The van der Waals surface area contributed by atoms with Gasteiger partial charge in [0.2, 0.25) is 0 Å². The fourth-order valence-electron chi connectivity index (χ4n) is 1.81. The van der Waals surface area contributed by atoms with Gasteiger partial charge in [-0.05, 0) is 17.0 Å². The van der Waals surface area contributed by atoms with E-state index >= 15 is 0 Å². The number of aliphatic carboxylic acids is 1. The molecule has 1 fully saturated rings. The summed E-state index contributed by atoms with van der Waals surface area (Å²) in [6.45, 7) is 1.28. The van der Waals surface area contributed by atoms with Crippen molar-refractivity contribution >= 4 is 28.9 Å². The molecule has 3 nitrogen and oxygen atoms in total. The van der Waals surface area contributed by atoms with Crippen LogP contribution < -0.4 is 5.32 Å². The van der Waals surface area contributed by atoms with Crippen molar-refractivity contribution in [3.63, 3.8) is 0 Å². The van der Waals surface area contributed by atoms with Gasteiger partial charge in [0.05, 0.1) is 10.3 Å². The largest absolute Gasteiger partial charge is 0.481 e. The van der Waals surface area contributed by atoms with E-state index < -0.39 is 5.97 Å². The second kappa shape index (κ2) is 3.88. The highest BCUT2D eigenvalue weighted by Crippen LogP contribution is 2.33. The van der Waals surface area contributed by atoms with Crippen molar-refractivity contribution in [2.45, 2.75) is 5.92 Å². The number of carboxylic acid groups (broad SMARTS) is 1. The van der Waals surface area contributed by atoms with Crippen molar-refractivity contribution < 1.29 is 9.90 Å². The highest BCUT2D eigenvalue weighted by Gasteiger charge is 2.34. The first-order valence-electron chi connectivity index (χ1n) is 4.36. The Morgan fingerprint density at radius 2 is 2.43 bits per heavy atom. The van der Waals surface area contributed by atoms with E-state index in [9.17, 15) is 4.79 Å². The maximum Gasteiger partial charge on any atom is 0.308 e. The van der Waals surface area contributed by atoms with Gasteiger partial charge in [-0.15, -0.1) is 11.3 Å². The van der Waals surface area contributed by atoms with Crippen molar-refractivity contribution in [2.24, 2.45) is 5.92 Å². The van der Waals surface area contributed by atoms with Gasteiger partial charge in [-0.2, -0.15) is 0 Å². The number of hydrogen-bond acceptors (Lipinski definition) is 3. The van der Waals surface area contributed by atoms with Crippen LogP contribution in [0.25, 0.3) is 0 Å². The van der Waals surface area contributed by atoms with Gasteiger partial charge in [-0.25, -0.2) is 0 Å². The normalized spacial score (nSPS) is 26.6. The molecule has 14 heavy (non-hydrogen) atoms. The quantitative estimate of drug-likeness (QED) is 0.816. The Hall–Kier alpha value is -0.580. The SMILES string of the molecule is O=C(O)C1CNCC1c1csc(Cl)c1. The monoisotopic (exact) mass is 231 g/mol. The molecule has 2 rings (SSSR count). The van der Waals surface area contributed by atoms with Crippen LogP contribution in [-0.4, -0.2) is 24.2 Å². The third-order valence-electron chi connectivity index (χ3n) is 2.55. The summed E-state index contributed by atoms with van der Waals surface area (Å²) in [6, 6.07) is 1.86. The van der Waals surface area contributed by atoms with Crippen LogP contribution in [0.4, 0.5) is 0 Å². The molecule has 1 saturated heterocycles. The molecule has 1 aliphatic heterocycles. The Balaban J connectivity index is 2.21. The van der Waals surface area contributed by atoms with E-state index in [4.69, 9.17) is 16.7 Å². The minimum atomic E-state index is -0.734. The Bertz CT molecular complexity index is 352. The zero-order chi connectivity index (χ0) is 10.1. The van der Waals surface area contributed by atoms with Crippen LogP contribution in [0.15, 0.2) is 11.4 Å². The Morgan fingerprint density at radius 1 is 1.64 bits per heavy atom. The van der Waals surface area contributed by atoms with Gasteiger partial charge < -0.3 is 10.4 Å². The van der Waals surface area contributed by atoms with Gasteiger partial charge in [0, 0.05) is 19.0 Å². The minimum Gasteiger partial charge on any atom is -0.481 e. The van der Waals surface area contributed by atoms with Crippen LogP contribution in [-0.2, 0) is 4.79 Å². The molecule has 2 atom stereocenters. The standard InChI is InChI=1S/C9H10ClNO2S/c10-8-1-5(4-14-8)6-2-11-3-7(6)9(12)13/h1,4,6-7,11H,2-3H2,(H,12,13). The third kappa shape index (κ3) is 1.78. The zero-order valence-corrected chi connectivity index (χ0v) is 8.94. The lowest BCUT2D eigenvalue weighted by Gasteiger charge is -2.12. The first-order chi connectivity index (χ1) is 6.68. The van der Waals surface area contributed by atoms with Gasteiger partial charge in [-0.1, -0.05) is 11.6 Å². The molecule has 0 radical (unpaired) electrons. The molecule has 0 spiro atoms. The Labute approximate surface area is 90.7 Å². The summed E-state index contributed by atoms with van der Waals surface area (Å²) in [5.74, 6) is -0.987. The van der Waals surface area contributed by atoms with Gasteiger partial charge in [0.1, 0.15) is 0 Å². The summed E-state index contributed by atoms with van der Waals surface area (Å²) in [7, 11) is 0. The van der Waals surface area contributed by atoms with Crippen molar-refractivity contribution in [3.05, 3.63) is 21.3 Å². The summed E-state index contributed by atoms with van der Waals surface area (Å²) < 4.78 is 0.719. The van der Waals surface area contributed by atoms with E-state index in [0.717, 1.165) is 16.4 Å². The average molecular weight is 232 g/mol. The summed E-state index contributed by atoms with van der Waals surface area (Å²) in [4.78, 5) is 10.9. The van der Waals surface area contributed by atoms with Crippen molar-refractivity contribution in [1.82, 2.24) is 5.32 Å². The zero-order valence-electron chi connectivity index (χ0n) is 7.37. The maximum atomic E-state index is 10.9. The van der Waals surface area contributed by atoms with Crippen LogP contribution in [0.3, 0.4) is 0 Å². The molecule has 1 aromatic rings. The molecule has 0 bridgehead atoms. The minimum absolute atomic E-state index is 0.0660. The molecular formula is C9H10ClNO2S. The highest BCUT2D eigenvalue weighted by molar-refractivity contribution is 7.14. The predicted molar refractivity (Wildman–Crippen MR) is 56.1 cm³/mol. The summed E-state index contributed by atoms with van der Waals surface area (Å²) >= 11 is 7.27. The van der Waals surface area contributed by atoms with E-state index in [0.29, 0.717) is 6.54 Å². The van der Waals surface area contributed by atoms with Crippen LogP contribution in [0.5, 0.6) is 0 Å². The van der Waals surface area contributed by atoms with E-state index in [1.807, 2.05) is 11.4 Å². The predicted octanol–water partition coefficient (Wildman–Crippen LogP) is 1.79. The molecule has 76 valence electrons. The number of hydrogen-bond donors (Lipinski definition) is 2. The number of carbonyl (C=O) groups is 1. The van der Waals surface area contributed by atoms with Gasteiger partial charge in [-0.3, -0.25) is 4.79 Å². The topological polar surface area (TPSA) is 49.3 Å². The molecule has 1 aliphatic rings. The molecule has 5 heteroatoms. The molecule has 2 N–H and O–H groups in total. The van der Waals surface area contributed by atoms with Gasteiger partial charge >= 0.3 is 5.97 Å². The van der Waals surface area contributed by atoms with Gasteiger partial charge in [0.15, 0.2) is 0 Å². The Morgan fingerprint density at radius 3 is 3.00 bits per heavy atom.